The highest BCUT2D eigenvalue weighted by molar-refractivity contribution is 9.10. The predicted molar refractivity (Wildman–Crippen MR) is 124 cm³/mol. The second-order valence-electron chi connectivity index (χ2n) is 8.24. The van der Waals surface area contributed by atoms with Gasteiger partial charge in [-0.3, -0.25) is 22.9 Å². The molecule has 0 atom stereocenters. The number of halogens is 1. The standard InChI is InChI=1S/C22H25BrN6O2/c1-15-14-28-18-19(24-21(28)29(15)17-8-6-16(23)7-9-17)25(2)22(31)27(20(18)30)13-12-26-10-4-3-5-11-26/h6-9,14H,3-5,10-13H2,1-2H3. The Bertz CT molecular complexity index is 1390. The minimum absolute atomic E-state index is 0.282. The Morgan fingerprint density at radius 1 is 1.03 bits per heavy atom. The molecule has 1 fully saturated rings. The van der Waals surface area contributed by atoms with Gasteiger partial charge in [0.1, 0.15) is 0 Å². The summed E-state index contributed by atoms with van der Waals surface area (Å²) in [6.07, 6.45) is 5.52. The van der Waals surface area contributed by atoms with E-state index in [-0.39, 0.29) is 11.2 Å². The highest BCUT2D eigenvalue weighted by Crippen LogP contribution is 2.22. The van der Waals surface area contributed by atoms with Crippen LogP contribution in [-0.4, -0.2) is 47.6 Å². The summed E-state index contributed by atoms with van der Waals surface area (Å²) < 4.78 is 7.64. The molecule has 31 heavy (non-hydrogen) atoms. The molecule has 4 heterocycles. The first-order valence-corrected chi connectivity index (χ1v) is 11.4. The molecule has 0 aliphatic carbocycles. The third-order valence-corrected chi connectivity index (χ3v) is 6.73. The minimum Gasteiger partial charge on any atom is -0.302 e. The topological polar surface area (TPSA) is 69.5 Å². The lowest BCUT2D eigenvalue weighted by Gasteiger charge is -2.26. The van der Waals surface area contributed by atoms with Crippen molar-refractivity contribution in [1.82, 2.24) is 28.0 Å². The summed E-state index contributed by atoms with van der Waals surface area (Å²) in [5.41, 5.74) is 2.15. The van der Waals surface area contributed by atoms with E-state index in [4.69, 9.17) is 4.98 Å². The van der Waals surface area contributed by atoms with Gasteiger partial charge in [-0.15, -0.1) is 0 Å². The van der Waals surface area contributed by atoms with Crippen molar-refractivity contribution in [2.45, 2.75) is 32.7 Å². The molecule has 0 saturated carbocycles. The summed E-state index contributed by atoms with van der Waals surface area (Å²) in [4.78, 5) is 33.4. The molecule has 0 radical (unpaired) electrons. The maximum absolute atomic E-state index is 13.4. The van der Waals surface area contributed by atoms with Crippen LogP contribution >= 0.6 is 15.9 Å². The molecule has 0 spiro atoms. The van der Waals surface area contributed by atoms with E-state index in [9.17, 15) is 9.59 Å². The molecule has 1 saturated heterocycles. The van der Waals surface area contributed by atoms with E-state index in [0.717, 1.165) is 28.9 Å². The van der Waals surface area contributed by atoms with Crippen molar-refractivity contribution in [2.75, 3.05) is 19.6 Å². The molecule has 1 aliphatic heterocycles. The molecule has 9 heteroatoms. The third-order valence-electron chi connectivity index (χ3n) is 6.20. The minimum atomic E-state index is -0.317. The van der Waals surface area contributed by atoms with Crippen molar-refractivity contribution in [3.63, 3.8) is 0 Å². The number of piperidine rings is 1. The van der Waals surface area contributed by atoms with Crippen LogP contribution in [0.3, 0.4) is 0 Å². The molecular weight excluding hydrogens is 460 g/mol. The molecule has 0 unspecified atom stereocenters. The Hall–Kier alpha value is -2.65. The van der Waals surface area contributed by atoms with Gasteiger partial charge >= 0.3 is 5.69 Å². The van der Waals surface area contributed by atoms with Gasteiger partial charge in [-0.2, -0.15) is 4.98 Å². The van der Waals surface area contributed by atoms with Crippen LogP contribution in [0, 0.1) is 6.92 Å². The lowest BCUT2D eigenvalue weighted by Crippen LogP contribution is -2.43. The second kappa shape index (κ2) is 7.80. The van der Waals surface area contributed by atoms with Crippen LogP contribution in [0.15, 0.2) is 44.5 Å². The fourth-order valence-corrected chi connectivity index (χ4v) is 4.81. The highest BCUT2D eigenvalue weighted by atomic mass is 79.9. The second-order valence-corrected chi connectivity index (χ2v) is 9.15. The van der Waals surface area contributed by atoms with Crippen LogP contribution in [-0.2, 0) is 13.6 Å². The maximum Gasteiger partial charge on any atom is 0.332 e. The van der Waals surface area contributed by atoms with Gasteiger partial charge in [-0.05, 0) is 57.1 Å². The fourth-order valence-electron chi connectivity index (χ4n) is 4.54. The molecule has 0 amide bonds. The van der Waals surface area contributed by atoms with Crippen molar-refractivity contribution in [2.24, 2.45) is 7.05 Å². The van der Waals surface area contributed by atoms with Gasteiger partial charge in [0.15, 0.2) is 11.2 Å². The number of imidazole rings is 2. The number of hydrogen-bond donors (Lipinski definition) is 0. The Balaban J connectivity index is 1.66. The summed E-state index contributed by atoms with van der Waals surface area (Å²) in [6.45, 7) is 5.15. The zero-order chi connectivity index (χ0) is 21.7. The number of likely N-dealkylation sites (tertiary alicyclic amines) is 1. The van der Waals surface area contributed by atoms with Crippen molar-refractivity contribution in [3.05, 3.63) is 61.5 Å². The zero-order valence-corrected chi connectivity index (χ0v) is 19.3. The van der Waals surface area contributed by atoms with Crippen LogP contribution in [0.4, 0.5) is 0 Å². The van der Waals surface area contributed by atoms with E-state index < -0.39 is 0 Å². The van der Waals surface area contributed by atoms with Crippen LogP contribution in [0.25, 0.3) is 22.6 Å². The van der Waals surface area contributed by atoms with E-state index in [0.29, 0.717) is 30.0 Å². The Labute approximate surface area is 187 Å². The Morgan fingerprint density at radius 3 is 2.45 bits per heavy atom. The SMILES string of the molecule is Cc1cn2c3c(=O)n(CCN4CCCCC4)c(=O)n(C)c3nc2n1-c1ccc(Br)cc1. The van der Waals surface area contributed by atoms with Gasteiger partial charge in [0.25, 0.3) is 5.56 Å². The molecule has 8 nitrogen and oxygen atoms in total. The first-order chi connectivity index (χ1) is 15.0. The smallest absolute Gasteiger partial charge is 0.302 e. The summed E-state index contributed by atoms with van der Waals surface area (Å²) in [6, 6.07) is 7.92. The molecule has 5 rings (SSSR count). The normalized spacial score (nSPS) is 15.3. The Morgan fingerprint density at radius 2 is 1.74 bits per heavy atom. The molecule has 1 aromatic carbocycles. The van der Waals surface area contributed by atoms with Crippen molar-refractivity contribution < 1.29 is 0 Å². The third kappa shape index (κ3) is 3.36. The molecule has 0 bridgehead atoms. The summed E-state index contributed by atoms with van der Waals surface area (Å²) in [5.74, 6) is 0.621. The molecule has 0 N–H and O–H groups in total. The number of hydrogen-bond acceptors (Lipinski definition) is 4. The van der Waals surface area contributed by atoms with E-state index in [1.54, 1.807) is 7.05 Å². The fraction of sp³-hybridized carbons (Fsp3) is 0.409. The van der Waals surface area contributed by atoms with Gasteiger partial charge in [-0.25, -0.2) is 4.79 Å². The highest BCUT2D eigenvalue weighted by Gasteiger charge is 2.21. The number of nitrogens with zero attached hydrogens (tertiary/aromatic N) is 6. The molecular formula is C22H25BrN6O2. The average Bonchev–Trinajstić information content (AvgIpc) is 3.28. The average molecular weight is 485 g/mol. The van der Waals surface area contributed by atoms with Crippen LogP contribution < -0.4 is 11.2 Å². The lowest BCUT2D eigenvalue weighted by molar-refractivity contribution is 0.218. The van der Waals surface area contributed by atoms with Gasteiger partial charge in [0.05, 0.1) is 0 Å². The number of aryl methyl sites for hydroxylation is 2. The molecule has 4 aromatic rings. The number of fused-ring (bicyclic) bond motifs is 3. The van der Waals surface area contributed by atoms with Crippen LogP contribution in [0.1, 0.15) is 25.0 Å². The molecule has 162 valence electrons. The first kappa shape index (κ1) is 20.3. The maximum atomic E-state index is 13.4. The number of aromatic nitrogens is 5. The van der Waals surface area contributed by atoms with Gasteiger partial charge < -0.3 is 4.90 Å². The van der Waals surface area contributed by atoms with Gasteiger partial charge in [0.2, 0.25) is 5.78 Å². The molecule has 1 aliphatic rings. The van der Waals surface area contributed by atoms with Crippen molar-refractivity contribution in [1.29, 1.82) is 0 Å². The largest absolute Gasteiger partial charge is 0.332 e. The van der Waals surface area contributed by atoms with E-state index in [1.165, 1.54) is 28.4 Å². The van der Waals surface area contributed by atoms with Gasteiger partial charge in [-0.1, -0.05) is 22.4 Å². The number of benzene rings is 1. The van der Waals surface area contributed by atoms with Crippen molar-refractivity contribution in [3.8, 4) is 5.69 Å². The quantitative estimate of drug-likeness (QED) is 0.446. The summed E-state index contributed by atoms with van der Waals surface area (Å²) in [5, 5.41) is 0. The Kier molecular flexibility index (Phi) is 5.10. The molecule has 3 aromatic heterocycles. The van der Waals surface area contributed by atoms with Crippen molar-refractivity contribution >= 4 is 32.9 Å². The van der Waals surface area contributed by atoms with E-state index in [2.05, 4.69) is 20.8 Å². The summed E-state index contributed by atoms with van der Waals surface area (Å²) >= 11 is 3.47. The van der Waals surface area contributed by atoms with Crippen LogP contribution in [0.2, 0.25) is 0 Å². The van der Waals surface area contributed by atoms with E-state index >= 15 is 0 Å². The number of rotatable bonds is 4. The summed E-state index contributed by atoms with van der Waals surface area (Å²) in [7, 11) is 1.69. The lowest BCUT2D eigenvalue weighted by atomic mass is 10.1. The zero-order valence-electron chi connectivity index (χ0n) is 17.7. The van der Waals surface area contributed by atoms with Gasteiger partial charge in [0, 0.05) is 42.2 Å². The van der Waals surface area contributed by atoms with Crippen LogP contribution in [0.5, 0.6) is 0 Å². The predicted octanol–water partition coefficient (Wildman–Crippen LogP) is 2.70. The first-order valence-electron chi connectivity index (χ1n) is 10.6. The monoisotopic (exact) mass is 484 g/mol. The van der Waals surface area contributed by atoms with E-state index in [1.807, 2.05) is 46.4 Å².